The van der Waals surface area contributed by atoms with E-state index in [4.69, 9.17) is 4.74 Å². The van der Waals surface area contributed by atoms with Gasteiger partial charge in [0.15, 0.2) is 6.10 Å². The summed E-state index contributed by atoms with van der Waals surface area (Å²) in [5, 5.41) is 0. The first-order valence-electron chi connectivity index (χ1n) is 9.11. The van der Waals surface area contributed by atoms with Crippen molar-refractivity contribution in [1.82, 2.24) is 24.9 Å². The third kappa shape index (κ3) is 3.91. The van der Waals surface area contributed by atoms with Gasteiger partial charge in [0.25, 0.3) is 5.56 Å². The van der Waals surface area contributed by atoms with Gasteiger partial charge in [-0.15, -0.1) is 0 Å². The molecule has 0 amide bonds. The highest BCUT2D eigenvalue weighted by Crippen LogP contribution is 2.34. The van der Waals surface area contributed by atoms with Crippen LogP contribution >= 0.6 is 0 Å². The molecule has 1 unspecified atom stereocenters. The summed E-state index contributed by atoms with van der Waals surface area (Å²) in [5.41, 5.74) is -0.309. The van der Waals surface area contributed by atoms with Crippen molar-refractivity contribution in [2.75, 3.05) is 18.0 Å². The Morgan fingerprint density at radius 2 is 2.03 bits per heavy atom. The van der Waals surface area contributed by atoms with Crippen molar-refractivity contribution in [2.45, 2.75) is 25.9 Å². The highest BCUT2D eigenvalue weighted by atomic mass is 19.3. The van der Waals surface area contributed by atoms with Gasteiger partial charge in [0.05, 0.1) is 24.3 Å². The van der Waals surface area contributed by atoms with Gasteiger partial charge in [-0.1, -0.05) is 0 Å². The molecule has 1 atom stereocenters. The quantitative estimate of drug-likeness (QED) is 0.661. The first kappa shape index (κ1) is 19.7. The summed E-state index contributed by atoms with van der Waals surface area (Å²) in [7, 11) is 0. The summed E-state index contributed by atoms with van der Waals surface area (Å²) in [6.45, 7) is 2.64. The van der Waals surface area contributed by atoms with Crippen LogP contribution in [0.4, 0.5) is 14.6 Å². The second-order valence-electron chi connectivity index (χ2n) is 7.03. The molecule has 1 aliphatic rings. The lowest BCUT2D eigenvalue weighted by Gasteiger charge is -2.19. The fourth-order valence-electron chi connectivity index (χ4n) is 3.26. The molecule has 3 aromatic rings. The molecule has 4 rings (SSSR count). The minimum atomic E-state index is -3.12. The molecule has 4 heterocycles. The number of nitrogens with one attached hydrogen (secondary N) is 2. The smallest absolute Gasteiger partial charge is 0.325 e. The Morgan fingerprint density at radius 3 is 2.77 bits per heavy atom. The number of aryl methyl sites for hydroxylation is 2. The molecule has 2 N–H and O–H groups in total. The number of hydrogen-bond acceptors (Lipinski definition) is 7. The van der Waals surface area contributed by atoms with Crippen molar-refractivity contribution in [3.05, 3.63) is 62.9 Å². The Labute approximate surface area is 168 Å². The van der Waals surface area contributed by atoms with Gasteiger partial charge < -0.3 is 14.6 Å². The van der Waals surface area contributed by atoms with E-state index >= 15 is 0 Å². The van der Waals surface area contributed by atoms with Crippen molar-refractivity contribution in [3.8, 4) is 17.0 Å². The molecule has 0 spiro atoms. The molecule has 11 heteroatoms. The van der Waals surface area contributed by atoms with Gasteiger partial charge >= 0.3 is 11.6 Å². The zero-order valence-electron chi connectivity index (χ0n) is 16.1. The lowest BCUT2D eigenvalue weighted by Crippen LogP contribution is -2.36. The fourth-order valence-corrected chi connectivity index (χ4v) is 3.26. The average Bonchev–Trinajstić information content (AvgIpc) is 2.96. The zero-order valence-corrected chi connectivity index (χ0v) is 16.1. The molecule has 0 saturated carbocycles. The summed E-state index contributed by atoms with van der Waals surface area (Å²) in [5.74, 6) is -2.27. The molecule has 0 aromatic carbocycles. The maximum Gasteiger partial charge on any atom is 0.325 e. The SMILES string of the molecule is Cc1cc(OC2CN(c3cc(-c4c[nH]c(=O)[nH]c4=O)nc(C)n3)CC2(F)F)ccn1. The van der Waals surface area contributed by atoms with E-state index in [9.17, 15) is 18.4 Å². The number of anilines is 1. The number of halogens is 2. The molecular formula is C19H18F2N6O3. The van der Waals surface area contributed by atoms with E-state index in [0.717, 1.165) is 0 Å². The third-order valence-corrected chi connectivity index (χ3v) is 4.65. The monoisotopic (exact) mass is 416 g/mol. The summed E-state index contributed by atoms with van der Waals surface area (Å²) in [6.07, 6.45) is 1.34. The lowest BCUT2D eigenvalue weighted by atomic mass is 10.2. The standard InChI is InChI=1S/C19H18F2N6O3/c1-10-5-12(3-4-22-10)30-15-8-27(9-19(15,20)21)16-6-14(24-11(2)25-16)13-7-23-18(29)26-17(13)28/h3-7,15H,8-9H2,1-2H3,(H2,23,26,28,29). The van der Waals surface area contributed by atoms with E-state index in [-0.39, 0.29) is 23.6 Å². The summed E-state index contributed by atoms with van der Waals surface area (Å²) < 4.78 is 34.8. The summed E-state index contributed by atoms with van der Waals surface area (Å²) in [4.78, 5) is 41.6. The number of alkyl halides is 2. The van der Waals surface area contributed by atoms with Gasteiger partial charge in [-0.05, 0) is 19.9 Å². The van der Waals surface area contributed by atoms with Crippen LogP contribution in [0, 0.1) is 13.8 Å². The number of rotatable bonds is 4. The summed E-state index contributed by atoms with van der Waals surface area (Å²) in [6, 6.07) is 4.56. The predicted octanol–water partition coefficient (Wildman–Crippen LogP) is 1.43. The van der Waals surface area contributed by atoms with E-state index < -0.39 is 29.8 Å². The van der Waals surface area contributed by atoms with Gasteiger partial charge in [-0.2, -0.15) is 0 Å². The van der Waals surface area contributed by atoms with Crippen molar-refractivity contribution >= 4 is 5.82 Å². The van der Waals surface area contributed by atoms with Crippen LogP contribution in [0.2, 0.25) is 0 Å². The minimum absolute atomic E-state index is 0.104. The molecule has 0 radical (unpaired) electrons. The Balaban J connectivity index is 1.63. The highest BCUT2D eigenvalue weighted by molar-refractivity contribution is 5.61. The van der Waals surface area contributed by atoms with Crippen LogP contribution in [-0.2, 0) is 0 Å². The molecule has 9 nitrogen and oxygen atoms in total. The van der Waals surface area contributed by atoms with Crippen molar-refractivity contribution in [2.24, 2.45) is 0 Å². The second kappa shape index (κ2) is 7.32. The van der Waals surface area contributed by atoms with E-state index in [1.54, 1.807) is 19.9 Å². The molecule has 1 fully saturated rings. The Hall–Kier alpha value is -3.63. The molecule has 0 aliphatic carbocycles. The van der Waals surface area contributed by atoms with Crippen LogP contribution in [0.3, 0.4) is 0 Å². The molecule has 3 aromatic heterocycles. The van der Waals surface area contributed by atoms with Gasteiger partial charge in [0, 0.05) is 30.2 Å². The highest BCUT2D eigenvalue weighted by Gasteiger charge is 2.50. The second-order valence-corrected chi connectivity index (χ2v) is 7.03. The predicted molar refractivity (Wildman–Crippen MR) is 104 cm³/mol. The Morgan fingerprint density at radius 1 is 1.23 bits per heavy atom. The largest absolute Gasteiger partial charge is 0.482 e. The van der Waals surface area contributed by atoms with E-state index in [1.807, 2.05) is 0 Å². The lowest BCUT2D eigenvalue weighted by molar-refractivity contribution is -0.0594. The Kier molecular flexibility index (Phi) is 4.80. The van der Waals surface area contributed by atoms with Crippen LogP contribution in [0.15, 0.2) is 40.2 Å². The number of nitrogens with zero attached hydrogens (tertiary/aromatic N) is 4. The molecule has 30 heavy (non-hydrogen) atoms. The average molecular weight is 416 g/mol. The van der Waals surface area contributed by atoms with E-state index in [0.29, 0.717) is 17.3 Å². The van der Waals surface area contributed by atoms with Gasteiger partial charge in [-0.25, -0.2) is 23.5 Å². The number of aromatic nitrogens is 5. The van der Waals surface area contributed by atoms with Crippen LogP contribution < -0.4 is 20.9 Å². The zero-order chi connectivity index (χ0) is 21.5. The van der Waals surface area contributed by atoms with Crippen molar-refractivity contribution in [1.29, 1.82) is 0 Å². The van der Waals surface area contributed by atoms with Crippen LogP contribution in [0.1, 0.15) is 11.5 Å². The maximum absolute atomic E-state index is 14.6. The van der Waals surface area contributed by atoms with E-state index in [2.05, 4.69) is 24.9 Å². The van der Waals surface area contributed by atoms with E-state index in [1.165, 1.54) is 29.4 Å². The van der Waals surface area contributed by atoms with Crippen molar-refractivity contribution in [3.63, 3.8) is 0 Å². The number of H-pyrrole nitrogens is 2. The normalized spacial score (nSPS) is 17.9. The third-order valence-electron chi connectivity index (χ3n) is 4.65. The number of hydrogen-bond donors (Lipinski definition) is 2. The summed E-state index contributed by atoms with van der Waals surface area (Å²) >= 11 is 0. The molecular weight excluding hydrogens is 398 g/mol. The molecule has 0 bridgehead atoms. The number of pyridine rings is 1. The number of aromatic amines is 2. The molecule has 156 valence electrons. The van der Waals surface area contributed by atoms with Gasteiger partial charge in [0.1, 0.15) is 17.4 Å². The first-order valence-corrected chi connectivity index (χ1v) is 9.11. The van der Waals surface area contributed by atoms with Crippen LogP contribution in [0.25, 0.3) is 11.3 Å². The van der Waals surface area contributed by atoms with Crippen molar-refractivity contribution < 1.29 is 13.5 Å². The van der Waals surface area contributed by atoms with Crippen LogP contribution in [-0.4, -0.2) is 50.0 Å². The number of ether oxygens (including phenoxy) is 1. The first-order chi connectivity index (χ1) is 14.2. The molecule has 1 saturated heterocycles. The minimum Gasteiger partial charge on any atom is -0.482 e. The Bertz CT molecular complexity index is 1210. The topological polar surface area (TPSA) is 117 Å². The maximum atomic E-state index is 14.6. The fraction of sp³-hybridized carbons (Fsp3) is 0.316. The van der Waals surface area contributed by atoms with Gasteiger partial charge in [0.2, 0.25) is 0 Å². The van der Waals surface area contributed by atoms with Crippen LogP contribution in [0.5, 0.6) is 5.75 Å². The van der Waals surface area contributed by atoms with Gasteiger partial charge in [-0.3, -0.25) is 14.8 Å². The molecule has 1 aliphatic heterocycles.